The van der Waals surface area contributed by atoms with Crippen LogP contribution in [0.4, 0.5) is 0 Å². The van der Waals surface area contributed by atoms with E-state index in [-0.39, 0.29) is 11.9 Å². The van der Waals surface area contributed by atoms with Crippen molar-refractivity contribution in [1.29, 1.82) is 0 Å². The Labute approximate surface area is 73.1 Å². The predicted octanol–water partition coefficient (Wildman–Crippen LogP) is -0.844. The molecule has 1 amide bonds. The minimum Gasteiger partial charge on any atom is -0.339 e. The molecule has 0 radical (unpaired) electrons. The number of nitrogens with two attached hydrogens (primary N) is 1. The van der Waals surface area contributed by atoms with Gasteiger partial charge in [-0.05, 0) is 6.42 Å². The van der Waals surface area contributed by atoms with Crippen LogP contribution in [-0.2, 0) is 4.79 Å². The number of carbonyl (C=O) groups is 1. The minimum absolute atomic E-state index is 0.0963. The van der Waals surface area contributed by atoms with Crippen molar-refractivity contribution < 1.29 is 4.79 Å². The lowest BCUT2D eigenvalue weighted by molar-refractivity contribution is -0.133. The van der Waals surface area contributed by atoms with Gasteiger partial charge in [-0.2, -0.15) is 0 Å². The Morgan fingerprint density at radius 2 is 2.17 bits per heavy atom. The molecule has 70 valence electrons. The van der Waals surface area contributed by atoms with E-state index in [1.165, 1.54) is 0 Å². The van der Waals surface area contributed by atoms with E-state index in [1.807, 2.05) is 11.8 Å². The lowest BCUT2D eigenvalue weighted by Crippen LogP contribution is -2.51. The molecule has 1 atom stereocenters. The van der Waals surface area contributed by atoms with Crippen molar-refractivity contribution >= 4 is 5.91 Å². The molecule has 1 aliphatic rings. The first kappa shape index (κ1) is 9.48. The van der Waals surface area contributed by atoms with E-state index >= 15 is 0 Å². The Kier molecular flexibility index (Phi) is 3.49. The summed E-state index contributed by atoms with van der Waals surface area (Å²) in [5.41, 5.74) is 5.64. The number of piperazine rings is 1. The maximum absolute atomic E-state index is 11.5. The van der Waals surface area contributed by atoms with Crippen molar-refractivity contribution in [3.8, 4) is 0 Å². The van der Waals surface area contributed by atoms with Gasteiger partial charge in [0.2, 0.25) is 5.91 Å². The molecule has 0 spiro atoms. The summed E-state index contributed by atoms with van der Waals surface area (Å²) in [6.07, 6.45) is 0.725. The number of amides is 1. The molecule has 1 aliphatic heterocycles. The van der Waals surface area contributed by atoms with Gasteiger partial charge in [0.1, 0.15) is 0 Å². The molecular weight excluding hydrogens is 154 g/mol. The highest BCUT2D eigenvalue weighted by Crippen LogP contribution is 1.98. The van der Waals surface area contributed by atoms with Crippen molar-refractivity contribution in [2.24, 2.45) is 5.73 Å². The lowest BCUT2D eigenvalue weighted by atomic mass is 10.2. The van der Waals surface area contributed by atoms with Gasteiger partial charge in [0.15, 0.2) is 0 Å². The largest absolute Gasteiger partial charge is 0.339 e. The molecular formula is C8H17N3O. The molecule has 3 N–H and O–H groups in total. The highest BCUT2D eigenvalue weighted by molar-refractivity contribution is 5.81. The fourth-order valence-corrected chi connectivity index (χ4v) is 1.29. The Morgan fingerprint density at radius 3 is 2.67 bits per heavy atom. The molecule has 0 unspecified atom stereocenters. The molecule has 0 aliphatic carbocycles. The topological polar surface area (TPSA) is 58.4 Å². The second-order valence-electron chi connectivity index (χ2n) is 3.09. The Hall–Kier alpha value is -0.610. The molecule has 0 aromatic heterocycles. The second-order valence-corrected chi connectivity index (χ2v) is 3.09. The van der Waals surface area contributed by atoms with E-state index in [9.17, 15) is 4.79 Å². The summed E-state index contributed by atoms with van der Waals surface area (Å²) >= 11 is 0. The third-order valence-corrected chi connectivity index (χ3v) is 2.19. The third-order valence-electron chi connectivity index (χ3n) is 2.19. The highest BCUT2D eigenvalue weighted by Gasteiger charge is 2.20. The van der Waals surface area contributed by atoms with Gasteiger partial charge >= 0.3 is 0 Å². The first-order chi connectivity index (χ1) is 5.75. The Morgan fingerprint density at radius 1 is 1.58 bits per heavy atom. The monoisotopic (exact) mass is 171 g/mol. The Bertz CT molecular complexity index is 154. The number of nitrogens with one attached hydrogen (secondary N) is 1. The molecule has 0 saturated carbocycles. The molecule has 12 heavy (non-hydrogen) atoms. The number of rotatable bonds is 2. The fourth-order valence-electron chi connectivity index (χ4n) is 1.29. The first-order valence-electron chi connectivity index (χ1n) is 4.50. The van der Waals surface area contributed by atoms with Gasteiger partial charge in [-0.25, -0.2) is 0 Å². The van der Waals surface area contributed by atoms with Crippen molar-refractivity contribution in [3.63, 3.8) is 0 Å². The molecule has 0 bridgehead atoms. The average molecular weight is 171 g/mol. The molecule has 1 saturated heterocycles. The van der Waals surface area contributed by atoms with Crippen molar-refractivity contribution in [3.05, 3.63) is 0 Å². The molecule has 1 fully saturated rings. The fraction of sp³-hybridized carbons (Fsp3) is 0.875. The van der Waals surface area contributed by atoms with Crippen LogP contribution in [0.15, 0.2) is 0 Å². The van der Waals surface area contributed by atoms with E-state index in [0.29, 0.717) is 0 Å². The molecule has 4 nitrogen and oxygen atoms in total. The summed E-state index contributed by atoms with van der Waals surface area (Å²) < 4.78 is 0. The van der Waals surface area contributed by atoms with Crippen LogP contribution in [0.1, 0.15) is 13.3 Å². The normalized spacial score (nSPS) is 20.7. The van der Waals surface area contributed by atoms with Crippen LogP contribution in [-0.4, -0.2) is 43.0 Å². The van der Waals surface area contributed by atoms with Gasteiger partial charge in [-0.3, -0.25) is 4.79 Å². The van der Waals surface area contributed by atoms with E-state index in [2.05, 4.69) is 5.32 Å². The van der Waals surface area contributed by atoms with Gasteiger partial charge in [-0.1, -0.05) is 6.92 Å². The van der Waals surface area contributed by atoms with E-state index < -0.39 is 0 Å². The minimum atomic E-state index is -0.303. The summed E-state index contributed by atoms with van der Waals surface area (Å²) in [6.45, 7) is 5.31. The third kappa shape index (κ3) is 2.19. The van der Waals surface area contributed by atoms with Gasteiger partial charge in [0.25, 0.3) is 0 Å². The number of hydrogen-bond acceptors (Lipinski definition) is 3. The van der Waals surface area contributed by atoms with E-state index in [4.69, 9.17) is 5.73 Å². The van der Waals surface area contributed by atoms with Crippen molar-refractivity contribution in [1.82, 2.24) is 10.2 Å². The van der Waals surface area contributed by atoms with Gasteiger partial charge in [0, 0.05) is 26.2 Å². The van der Waals surface area contributed by atoms with Crippen LogP contribution in [0, 0.1) is 0 Å². The number of carbonyl (C=O) groups excluding carboxylic acids is 1. The van der Waals surface area contributed by atoms with Crippen LogP contribution in [0.3, 0.4) is 0 Å². The Balaban J connectivity index is 2.39. The van der Waals surface area contributed by atoms with Crippen LogP contribution in [0.5, 0.6) is 0 Å². The predicted molar refractivity (Wildman–Crippen MR) is 47.7 cm³/mol. The average Bonchev–Trinajstić information content (AvgIpc) is 2.17. The first-order valence-corrected chi connectivity index (χ1v) is 4.50. The quantitative estimate of drug-likeness (QED) is 0.569. The van der Waals surface area contributed by atoms with Crippen LogP contribution < -0.4 is 11.1 Å². The van der Waals surface area contributed by atoms with Crippen molar-refractivity contribution in [2.45, 2.75) is 19.4 Å². The maximum Gasteiger partial charge on any atom is 0.239 e. The van der Waals surface area contributed by atoms with Crippen LogP contribution in [0.2, 0.25) is 0 Å². The maximum atomic E-state index is 11.5. The standard InChI is InChI=1S/C8H17N3O/c1-2-7(9)8(12)11-5-3-10-4-6-11/h7,10H,2-6,9H2,1H3/t7-/m1/s1. The second kappa shape index (κ2) is 4.42. The molecule has 1 heterocycles. The summed E-state index contributed by atoms with van der Waals surface area (Å²) in [7, 11) is 0. The highest BCUT2D eigenvalue weighted by atomic mass is 16.2. The lowest BCUT2D eigenvalue weighted by Gasteiger charge is -2.29. The zero-order valence-corrected chi connectivity index (χ0v) is 7.55. The van der Waals surface area contributed by atoms with E-state index in [1.54, 1.807) is 0 Å². The zero-order chi connectivity index (χ0) is 8.97. The summed E-state index contributed by atoms with van der Waals surface area (Å²) in [5, 5.41) is 3.19. The van der Waals surface area contributed by atoms with Crippen LogP contribution >= 0.6 is 0 Å². The molecule has 4 heteroatoms. The SMILES string of the molecule is CC[C@@H](N)C(=O)N1CCNCC1. The number of hydrogen-bond donors (Lipinski definition) is 2. The molecule has 1 rings (SSSR count). The smallest absolute Gasteiger partial charge is 0.239 e. The van der Waals surface area contributed by atoms with E-state index in [0.717, 1.165) is 32.6 Å². The van der Waals surface area contributed by atoms with Crippen LogP contribution in [0.25, 0.3) is 0 Å². The zero-order valence-electron chi connectivity index (χ0n) is 7.55. The van der Waals surface area contributed by atoms with Crippen molar-refractivity contribution in [2.75, 3.05) is 26.2 Å². The summed E-state index contributed by atoms with van der Waals surface area (Å²) in [5.74, 6) is 0.0963. The van der Waals surface area contributed by atoms with Gasteiger partial charge in [0.05, 0.1) is 6.04 Å². The van der Waals surface area contributed by atoms with Gasteiger partial charge in [-0.15, -0.1) is 0 Å². The van der Waals surface area contributed by atoms with Gasteiger partial charge < -0.3 is 16.0 Å². The molecule has 0 aromatic carbocycles. The number of nitrogens with zero attached hydrogens (tertiary/aromatic N) is 1. The summed E-state index contributed by atoms with van der Waals surface area (Å²) in [6, 6.07) is -0.303. The molecule has 0 aromatic rings. The summed E-state index contributed by atoms with van der Waals surface area (Å²) in [4.78, 5) is 13.3.